The number of unbranched alkanes of at least 4 members (excludes halogenated alkanes) is 1. The van der Waals surface area contributed by atoms with E-state index >= 15 is 0 Å². The first-order valence-corrected chi connectivity index (χ1v) is 7.38. The van der Waals surface area contributed by atoms with E-state index in [9.17, 15) is 0 Å². The summed E-state index contributed by atoms with van der Waals surface area (Å²) in [7, 11) is 0. The zero-order valence-corrected chi connectivity index (χ0v) is 11.4. The molecule has 1 aromatic rings. The van der Waals surface area contributed by atoms with Gasteiger partial charge in [-0.2, -0.15) is 0 Å². The Kier molecular flexibility index (Phi) is 5.69. The highest BCUT2D eigenvalue weighted by Crippen LogP contribution is 2.23. The van der Waals surface area contributed by atoms with Gasteiger partial charge in [0.15, 0.2) is 0 Å². The number of hydrogen-bond acceptors (Lipinski definition) is 2. The predicted molar refractivity (Wildman–Crippen MR) is 77.4 cm³/mol. The second kappa shape index (κ2) is 7.55. The molecule has 0 saturated carbocycles. The average Bonchev–Trinajstić information content (AvgIpc) is 2.42. The van der Waals surface area contributed by atoms with Gasteiger partial charge >= 0.3 is 0 Å². The van der Waals surface area contributed by atoms with Crippen LogP contribution < -0.4 is 5.73 Å². The van der Waals surface area contributed by atoms with E-state index in [4.69, 9.17) is 5.73 Å². The van der Waals surface area contributed by atoms with E-state index < -0.39 is 0 Å². The van der Waals surface area contributed by atoms with Crippen molar-refractivity contribution < 1.29 is 0 Å². The lowest BCUT2D eigenvalue weighted by Gasteiger charge is -2.36. The monoisotopic (exact) mass is 246 g/mol. The quantitative estimate of drug-likeness (QED) is 0.781. The molecule has 1 aromatic carbocycles. The van der Waals surface area contributed by atoms with Crippen molar-refractivity contribution in [2.75, 3.05) is 13.1 Å². The first kappa shape index (κ1) is 13.6. The summed E-state index contributed by atoms with van der Waals surface area (Å²) in [5, 5.41) is 0. The van der Waals surface area contributed by atoms with Crippen molar-refractivity contribution in [1.82, 2.24) is 4.90 Å². The molecule has 1 atom stereocenters. The third-order valence-corrected chi connectivity index (χ3v) is 3.97. The molecule has 1 aliphatic rings. The zero-order valence-electron chi connectivity index (χ0n) is 11.4. The van der Waals surface area contributed by atoms with Crippen LogP contribution in [-0.2, 0) is 6.54 Å². The lowest BCUT2D eigenvalue weighted by atomic mass is 9.96. The standard InChI is InChI=1S/C16H26N2/c17-12-6-4-10-16-11-5-7-13-18(16)14-15-8-2-1-3-9-15/h1-3,8-9,16H,4-7,10-14,17H2. The molecule has 1 aliphatic heterocycles. The molecule has 1 fully saturated rings. The van der Waals surface area contributed by atoms with Crippen molar-refractivity contribution in [2.24, 2.45) is 5.73 Å². The Balaban J connectivity index is 1.87. The Morgan fingerprint density at radius 2 is 1.94 bits per heavy atom. The number of likely N-dealkylation sites (tertiary alicyclic amines) is 1. The number of rotatable bonds is 6. The second-order valence-corrected chi connectivity index (χ2v) is 5.39. The second-order valence-electron chi connectivity index (χ2n) is 5.39. The highest BCUT2D eigenvalue weighted by Gasteiger charge is 2.21. The maximum atomic E-state index is 5.59. The summed E-state index contributed by atoms with van der Waals surface area (Å²) in [6.45, 7) is 3.22. The molecule has 0 spiro atoms. The fourth-order valence-corrected chi connectivity index (χ4v) is 2.94. The molecule has 2 nitrogen and oxygen atoms in total. The summed E-state index contributed by atoms with van der Waals surface area (Å²) in [4.78, 5) is 2.68. The summed E-state index contributed by atoms with van der Waals surface area (Å²) in [6.07, 6.45) is 7.92. The molecular formula is C16H26N2. The van der Waals surface area contributed by atoms with Crippen molar-refractivity contribution in [3.63, 3.8) is 0 Å². The van der Waals surface area contributed by atoms with Crippen LogP contribution in [0.1, 0.15) is 44.1 Å². The Morgan fingerprint density at radius 1 is 1.11 bits per heavy atom. The van der Waals surface area contributed by atoms with Crippen LogP contribution in [0.2, 0.25) is 0 Å². The largest absolute Gasteiger partial charge is 0.330 e. The fourth-order valence-electron chi connectivity index (χ4n) is 2.94. The highest BCUT2D eigenvalue weighted by atomic mass is 15.2. The van der Waals surface area contributed by atoms with Gasteiger partial charge < -0.3 is 5.73 Å². The SMILES string of the molecule is NCCCCC1CCCCN1Cc1ccccc1. The maximum absolute atomic E-state index is 5.59. The van der Waals surface area contributed by atoms with E-state index in [2.05, 4.69) is 35.2 Å². The van der Waals surface area contributed by atoms with Crippen molar-refractivity contribution in [1.29, 1.82) is 0 Å². The number of hydrogen-bond donors (Lipinski definition) is 1. The van der Waals surface area contributed by atoms with Crippen molar-refractivity contribution in [3.05, 3.63) is 35.9 Å². The minimum absolute atomic E-state index is 0.783. The van der Waals surface area contributed by atoms with E-state index in [0.29, 0.717) is 0 Å². The lowest BCUT2D eigenvalue weighted by Crippen LogP contribution is -2.38. The predicted octanol–water partition coefficient (Wildman–Crippen LogP) is 3.17. The van der Waals surface area contributed by atoms with Gasteiger partial charge in [-0.15, -0.1) is 0 Å². The Labute approximate surface area is 111 Å². The van der Waals surface area contributed by atoms with Crippen molar-refractivity contribution in [3.8, 4) is 0 Å². The Hall–Kier alpha value is -0.860. The van der Waals surface area contributed by atoms with E-state index in [1.54, 1.807) is 0 Å². The van der Waals surface area contributed by atoms with Gasteiger partial charge in [0, 0.05) is 12.6 Å². The molecule has 0 bridgehead atoms. The van der Waals surface area contributed by atoms with Gasteiger partial charge in [-0.1, -0.05) is 43.2 Å². The van der Waals surface area contributed by atoms with Crippen LogP contribution in [-0.4, -0.2) is 24.0 Å². The van der Waals surface area contributed by atoms with E-state index in [0.717, 1.165) is 19.1 Å². The summed E-state index contributed by atoms with van der Waals surface area (Å²) in [6, 6.07) is 11.6. The van der Waals surface area contributed by atoms with E-state index in [-0.39, 0.29) is 0 Å². The first-order valence-electron chi connectivity index (χ1n) is 7.38. The summed E-state index contributed by atoms with van der Waals surface area (Å²) in [5.41, 5.74) is 7.04. The van der Waals surface area contributed by atoms with Gasteiger partial charge in [-0.3, -0.25) is 4.90 Å². The normalized spacial score (nSPS) is 21.1. The minimum atomic E-state index is 0.783. The fraction of sp³-hybridized carbons (Fsp3) is 0.625. The lowest BCUT2D eigenvalue weighted by molar-refractivity contribution is 0.130. The van der Waals surface area contributed by atoms with Gasteiger partial charge in [0.2, 0.25) is 0 Å². The maximum Gasteiger partial charge on any atom is 0.0236 e. The van der Waals surface area contributed by atoms with E-state index in [1.807, 2.05) is 0 Å². The zero-order chi connectivity index (χ0) is 12.6. The van der Waals surface area contributed by atoms with Crippen molar-refractivity contribution in [2.45, 2.75) is 51.1 Å². The van der Waals surface area contributed by atoms with Crippen LogP contribution in [0.15, 0.2) is 30.3 Å². The molecule has 1 unspecified atom stereocenters. The Morgan fingerprint density at radius 3 is 2.72 bits per heavy atom. The molecular weight excluding hydrogens is 220 g/mol. The highest BCUT2D eigenvalue weighted by molar-refractivity contribution is 5.14. The van der Waals surface area contributed by atoms with Crippen LogP contribution in [0.3, 0.4) is 0 Å². The molecule has 1 saturated heterocycles. The molecule has 0 aliphatic carbocycles. The summed E-state index contributed by atoms with van der Waals surface area (Å²) < 4.78 is 0. The number of benzene rings is 1. The first-order chi connectivity index (χ1) is 8.90. The number of nitrogens with zero attached hydrogens (tertiary/aromatic N) is 1. The molecule has 2 heteroatoms. The molecule has 1 heterocycles. The molecule has 18 heavy (non-hydrogen) atoms. The third-order valence-electron chi connectivity index (χ3n) is 3.97. The molecule has 0 aromatic heterocycles. The van der Waals surface area contributed by atoms with Crippen LogP contribution >= 0.6 is 0 Å². The van der Waals surface area contributed by atoms with E-state index in [1.165, 1.54) is 50.6 Å². The van der Waals surface area contributed by atoms with Crippen molar-refractivity contribution >= 4 is 0 Å². The minimum Gasteiger partial charge on any atom is -0.330 e. The number of piperidine rings is 1. The molecule has 0 amide bonds. The van der Waals surface area contributed by atoms with Crippen LogP contribution in [0, 0.1) is 0 Å². The van der Waals surface area contributed by atoms with Gasteiger partial charge in [0.1, 0.15) is 0 Å². The van der Waals surface area contributed by atoms with Gasteiger partial charge in [-0.05, 0) is 44.3 Å². The Bertz CT molecular complexity index is 323. The third kappa shape index (κ3) is 4.11. The number of nitrogens with two attached hydrogens (primary N) is 1. The molecule has 2 rings (SSSR count). The average molecular weight is 246 g/mol. The van der Waals surface area contributed by atoms with Gasteiger partial charge in [0.25, 0.3) is 0 Å². The molecule has 0 radical (unpaired) electrons. The molecule has 2 N–H and O–H groups in total. The van der Waals surface area contributed by atoms with Gasteiger partial charge in [-0.25, -0.2) is 0 Å². The smallest absolute Gasteiger partial charge is 0.0236 e. The summed E-state index contributed by atoms with van der Waals surface area (Å²) >= 11 is 0. The van der Waals surface area contributed by atoms with Crippen LogP contribution in [0.25, 0.3) is 0 Å². The summed E-state index contributed by atoms with van der Waals surface area (Å²) in [5.74, 6) is 0. The van der Waals surface area contributed by atoms with Crippen LogP contribution in [0.5, 0.6) is 0 Å². The topological polar surface area (TPSA) is 29.3 Å². The van der Waals surface area contributed by atoms with Gasteiger partial charge in [0.05, 0.1) is 0 Å². The molecule has 100 valence electrons. The van der Waals surface area contributed by atoms with Crippen LogP contribution in [0.4, 0.5) is 0 Å².